The molecule has 2 bridgehead atoms. The Labute approximate surface area is 184 Å². The van der Waals surface area contributed by atoms with Gasteiger partial charge in [0.25, 0.3) is 5.91 Å². The van der Waals surface area contributed by atoms with Crippen molar-refractivity contribution in [2.24, 2.45) is 5.73 Å². The van der Waals surface area contributed by atoms with E-state index in [0.717, 1.165) is 18.4 Å². The second-order valence-electron chi connectivity index (χ2n) is 8.65. The highest BCUT2D eigenvalue weighted by Crippen LogP contribution is 2.41. The fourth-order valence-corrected chi connectivity index (χ4v) is 5.09. The van der Waals surface area contributed by atoms with Gasteiger partial charge in [-0.2, -0.15) is 5.10 Å². The normalized spacial score (nSPS) is 22.8. The molecule has 3 heterocycles. The number of aromatic nitrogens is 2. The predicted molar refractivity (Wildman–Crippen MR) is 120 cm³/mol. The van der Waals surface area contributed by atoms with E-state index in [1.165, 1.54) is 37.1 Å². The molecule has 2 unspecified atom stereocenters. The fraction of sp³-hybridized carbons (Fsp3) is 0.348. The molecule has 0 spiro atoms. The molecule has 0 radical (unpaired) electrons. The van der Waals surface area contributed by atoms with Gasteiger partial charge in [-0.05, 0) is 75.2 Å². The first-order valence-electron chi connectivity index (χ1n) is 10.8. The number of nitrogens with zero attached hydrogens (tertiary/aromatic N) is 3. The van der Waals surface area contributed by atoms with Gasteiger partial charge in [-0.1, -0.05) is 0 Å². The number of hydrogen-bond acceptors (Lipinski definition) is 4. The standard InChI is InChI=1S/C23H25FN6O2/c1-29-16-7-8-17(29)12-18(11-16)30-20-9-6-15(10-19(20)21(28-30)22(25)31)27-23(32)26-14-4-2-13(24)3-5-14/h2-6,9-10,16-18H,7-8,11-12H2,1H3,(H2,25,31)(H2,26,27,32). The number of benzene rings is 2. The number of amides is 3. The Kier molecular flexibility index (Phi) is 5.05. The summed E-state index contributed by atoms with van der Waals surface area (Å²) in [6.07, 6.45) is 4.36. The van der Waals surface area contributed by atoms with Crippen LogP contribution in [0.2, 0.25) is 0 Å². The number of fused-ring (bicyclic) bond motifs is 3. The minimum Gasteiger partial charge on any atom is -0.364 e. The number of nitrogens with one attached hydrogen (secondary N) is 2. The van der Waals surface area contributed by atoms with Gasteiger partial charge in [-0.25, -0.2) is 9.18 Å². The largest absolute Gasteiger partial charge is 0.364 e. The highest BCUT2D eigenvalue weighted by Gasteiger charge is 2.40. The van der Waals surface area contributed by atoms with Gasteiger partial charge in [0.2, 0.25) is 0 Å². The van der Waals surface area contributed by atoms with Crippen molar-refractivity contribution in [3.05, 3.63) is 54.0 Å². The van der Waals surface area contributed by atoms with E-state index in [2.05, 4.69) is 27.7 Å². The molecule has 5 rings (SSSR count). The first kappa shape index (κ1) is 20.4. The zero-order valence-corrected chi connectivity index (χ0v) is 17.7. The van der Waals surface area contributed by atoms with Crippen LogP contribution in [0, 0.1) is 5.82 Å². The van der Waals surface area contributed by atoms with Gasteiger partial charge in [0.15, 0.2) is 5.69 Å². The second-order valence-corrected chi connectivity index (χ2v) is 8.65. The van der Waals surface area contributed by atoms with Crippen LogP contribution in [0.4, 0.5) is 20.6 Å². The molecule has 8 nitrogen and oxygen atoms in total. The molecule has 2 aromatic carbocycles. The molecule has 0 saturated carbocycles. The zero-order valence-electron chi connectivity index (χ0n) is 17.7. The minimum atomic E-state index is -0.599. The van der Waals surface area contributed by atoms with Gasteiger partial charge in [0.05, 0.1) is 11.6 Å². The third-order valence-electron chi connectivity index (χ3n) is 6.72. The average Bonchev–Trinajstić information content (AvgIpc) is 3.21. The molecule has 2 fully saturated rings. The molecule has 3 amide bonds. The lowest BCUT2D eigenvalue weighted by Crippen LogP contribution is -2.40. The van der Waals surface area contributed by atoms with E-state index >= 15 is 0 Å². The van der Waals surface area contributed by atoms with Crippen molar-refractivity contribution in [2.75, 3.05) is 17.7 Å². The minimum absolute atomic E-state index is 0.203. The van der Waals surface area contributed by atoms with Crippen LogP contribution in [-0.4, -0.2) is 45.8 Å². The Hall–Kier alpha value is -3.46. The number of primary amides is 1. The fourth-order valence-electron chi connectivity index (χ4n) is 5.09. The van der Waals surface area contributed by atoms with E-state index in [1.54, 1.807) is 12.1 Å². The highest BCUT2D eigenvalue weighted by atomic mass is 19.1. The molecule has 2 aliphatic heterocycles. The smallest absolute Gasteiger partial charge is 0.323 e. The first-order chi connectivity index (χ1) is 15.4. The topological polar surface area (TPSA) is 105 Å². The molecule has 2 atom stereocenters. The number of nitrogens with two attached hydrogens (primary N) is 1. The van der Waals surface area contributed by atoms with Crippen LogP contribution < -0.4 is 16.4 Å². The summed E-state index contributed by atoms with van der Waals surface area (Å²) in [7, 11) is 2.18. The SMILES string of the molecule is CN1C2CCC1CC(n1nc(C(N)=O)c3cc(NC(=O)Nc4ccc(F)cc4)ccc31)C2. The van der Waals surface area contributed by atoms with Crippen molar-refractivity contribution >= 4 is 34.2 Å². The lowest BCUT2D eigenvalue weighted by molar-refractivity contribution is 0.0993. The number of halogens is 1. The van der Waals surface area contributed by atoms with E-state index in [-0.39, 0.29) is 17.6 Å². The number of piperidine rings is 1. The molecule has 0 aliphatic carbocycles. The van der Waals surface area contributed by atoms with Crippen LogP contribution in [0.1, 0.15) is 42.2 Å². The summed E-state index contributed by atoms with van der Waals surface area (Å²) < 4.78 is 15.0. The summed E-state index contributed by atoms with van der Waals surface area (Å²) >= 11 is 0. The molecule has 32 heavy (non-hydrogen) atoms. The first-order valence-corrected chi connectivity index (χ1v) is 10.8. The van der Waals surface area contributed by atoms with E-state index < -0.39 is 11.9 Å². The van der Waals surface area contributed by atoms with Crippen LogP contribution in [0.25, 0.3) is 10.9 Å². The second kappa shape index (κ2) is 7.90. The van der Waals surface area contributed by atoms with Crippen molar-refractivity contribution in [3.63, 3.8) is 0 Å². The summed E-state index contributed by atoms with van der Waals surface area (Å²) in [5.74, 6) is -0.979. The number of hydrogen-bond donors (Lipinski definition) is 3. The van der Waals surface area contributed by atoms with E-state index in [9.17, 15) is 14.0 Å². The Bertz CT molecular complexity index is 1180. The number of carbonyl (C=O) groups is 2. The summed E-state index contributed by atoms with van der Waals surface area (Å²) in [5, 5.41) is 10.6. The quantitative estimate of drug-likeness (QED) is 0.580. The van der Waals surface area contributed by atoms with Crippen molar-refractivity contribution in [3.8, 4) is 0 Å². The molecule has 2 saturated heterocycles. The Balaban J connectivity index is 1.41. The number of urea groups is 1. The molecule has 166 valence electrons. The monoisotopic (exact) mass is 436 g/mol. The van der Waals surface area contributed by atoms with Crippen LogP contribution >= 0.6 is 0 Å². The molecule has 2 aliphatic rings. The highest BCUT2D eigenvalue weighted by molar-refractivity contribution is 6.06. The van der Waals surface area contributed by atoms with Crippen molar-refractivity contribution < 1.29 is 14.0 Å². The predicted octanol–water partition coefficient (Wildman–Crippen LogP) is 3.72. The van der Waals surface area contributed by atoms with Crippen molar-refractivity contribution in [2.45, 2.75) is 43.8 Å². The maximum Gasteiger partial charge on any atom is 0.323 e. The van der Waals surface area contributed by atoms with Gasteiger partial charge in [0, 0.05) is 28.8 Å². The molecule has 9 heteroatoms. The zero-order chi connectivity index (χ0) is 22.4. The third kappa shape index (κ3) is 3.69. The maximum atomic E-state index is 13.0. The van der Waals surface area contributed by atoms with E-state index in [0.29, 0.717) is 28.8 Å². The number of anilines is 2. The van der Waals surface area contributed by atoms with Crippen molar-refractivity contribution in [1.29, 1.82) is 0 Å². The lowest BCUT2D eigenvalue weighted by atomic mass is 9.98. The van der Waals surface area contributed by atoms with Gasteiger partial charge >= 0.3 is 6.03 Å². The van der Waals surface area contributed by atoms with E-state index in [1.807, 2.05) is 10.7 Å². The molecular formula is C23H25FN6O2. The van der Waals surface area contributed by atoms with E-state index in [4.69, 9.17) is 5.73 Å². The Morgan fingerprint density at radius 1 is 1.00 bits per heavy atom. The Morgan fingerprint density at radius 3 is 2.28 bits per heavy atom. The van der Waals surface area contributed by atoms with Gasteiger partial charge < -0.3 is 21.3 Å². The van der Waals surface area contributed by atoms with Crippen molar-refractivity contribution in [1.82, 2.24) is 14.7 Å². The van der Waals surface area contributed by atoms with Crippen LogP contribution in [0.3, 0.4) is 0 Å². The van der Waals surface area contributed by atoms with Gasteiger partial charge in [-0.3, -0.25) is 9.48 Å². The lowest BCUT2D eigenvalue weighted by Gasteiger charge is -2.36. The number of rotatable bonds is 4. The summed E-state index contributed by atoms with van der Waals surface area (Å²) in [4.78, 5) is 26.9. The summed E-state index contributed by atoms with van der Waals surface area (Å²) in [6.45, 7) is 0. The summed E-state index contributed by atoms with van der Waals surface area (Å²) in [6, 6.07) is 11.6. The van der Waals surface area contributed by atoms with Gasteiger partial charge in [-0.15, -0.1) is 0 Å². The molecule has 4 N–H and O–H groups in total. The Morgan fingerprint density at radius 2 is 1.62 bits per heavy atom. The third-order valence-corrected chi connectivity index (χ3v) is 6.72. The van der Waals surface area contributed by atoms with Crippen LogP contribution in [0.15, 0.2) is 42.5 Å². The molecule has 3 aromatic rings. The molecular weight excluding hydrogens is 411 g/mol. The number of carbonyl (C=O) groups excluding carboxylic acids is 2. The maximum absolute atomic E-state index is 13.0. The van der Waals surface area contributed by atoms with Gasteiger partial charge in [0.1, 0.15) is 5.82 Å². The molecule has 1 aromatic heterocycles. The van der Waals surface area contributed by atoms with Crippen LogP contribution in [0.5, 0.6) is 0 Å². The van der Waals surface area contributed by atoms with Crippen LogP contribution in [-0.2, 0) is 0 Å². The average molecular weight is 436 g/mol. The summed E-state index contributed by atoms with van der Waals surface area (Å²) in [5.41, 5.74) is 7.63.